The summed E-state index contributed by atoms with van der Waals surface area (Å²) in [5.41, 5.74) is -3.74. The van der Waals surface area contributed by atoms with Gasteiger partial charge in [-0.1, -0.05) is 30.3 Å². The molecule has 0 fully saturated rings. The molecule has 1 rings (SSSR count). The average molecular weight is 440 g/mol. The first-order chi connectivity index (χ1) is 13.3. The van der Waals surface area contributed by atoms with Gasteiger partial charge in [-0.15, -0.1) is 0 Å². The first-order valence-corrected chi connectivity index (χ1v) is 10.8. The molecular weight excluding hydrogens is 412 g/mol. The van der Waals surface area contributed by atoms with Crippen LogP contribution in [-0.2, 0) is 33.5 Å². The third kappa shape index (κ3) is 6.54. The first kappa shape index (κ1) is 25.6. The van der Waals surface area contributed by atoms with Crippen LogP contribution < -0.4 is 0 Å². The SMILES string of the molecule is CO[C@@](C(=O)O[C@@H](C)CP(=O)(OC(C)C)OC(C)C)(c1ccccc1)C(F)(F)F. The molecule has 0 spiro atoms. The van der Waals surface area contributed by atoms with Crippen molar-refractivity contribution in [2.24, 2.45) is 0 Å². The van der Waals surface area contributed by atoms with Crippen LogP contribution in [0.4, 0.5) is 13.2 Å². The molecule has 29 heavy (non-hydrogen) atoms. The molecule has 0 unspecified atom stereocenters. The Kier molecular flexibility index (Phi) is 8.90. The van der Waals surface area contributed by atoms with E-state index in [-0.39, 0.29) is 0 Å². The molecule has 0 bridgehead atoms. The first-order valence-electron chi connectivity index (χ1n) is 9.11. The second-order valence-electron chi connectivity index (χ2n) is 7.07. The Labute approximate surface area is 169 Å². The Morgan fingerprint density at radius 1 is 1.00 bits per heavy atom. The molecule has 1 aromatic carbocycles. The van der Waals surface area contributed by atoms with E-state index >= 15 is 0 Å². The summed E-state index contributed by atoms with van der Waals surface area (Å²) >= 11 is 0. The molecule has 1 aromatic rings. The van der Waals surface area contributed by atoms with Gasteiger partial charge in [0.2, 0.25) is 0 Å². The van der Waals surface area contributed by atoms with Gasteiger partial charge in [0.1, 0.15) is 6.10 Å². The molecular formula is C19H28F3O6P. The Hall–Kier alpha value is -1.41. The Morgan fingerprint density at radius 2 is 1.48 bits per heavy atom. The van der Waals surface area contributed by atoms with Crippen molar-refractivity contribution < 1.29 is 41.1 Å². The number of hydrogen-bond acceptors (Lipinski definition) is 6. The van der Waals surface area contributed by atoms with Crippen LogP contribution in [0.3, 0.4) is 0 Å². The summed E-state index contributed by atoms with van der Waals surface area (Å²) in [6.45, 7) is 7.88. The highest BCUT2D eigenvalue weighted by molar-refractivity contribution is 7.53. The van der Waals surface area contributed by atoms with E-state index in [0.717, 1.165) is 19.2 Å². The van der Waals surface area contributed by atoms with E-state index in [9.17, 15) is 22.5 Å². The van der Waals surface area contributed by atoms with Crippen LogP contribution in [-0.4, -0.2) is 43.7 Å². The van der Waals surface area contributed by atoms with Gasteiger partial charge in [-0.25, -0.2) is 4.79 Å². The fourth-order valence-corrected chi connectivity index (χ4v) is 4.97. The highest BCUT2D eigenvalue weighted by atomic mass is 31.2. The quantitative estimate of drug-likeness (QED) is 0.374. The lowest BCUT2D eigenvalue weighted by atomic mass is 9.92. The van der Waals surface area contributed by atoms with Crippen molar-refractivity contribution >= 4 is 13.6 Å². The molecule has 0 radical (unpaired) electrons. The lowest BCUT2D eigenvalue weighted by molar-refractivity contribution is -0.277. The summed E-state index contributed by atoms with van der Waals surface area (Å²) in [5, 5.41) is 0. The smallest absolute Gasteiger partial charge is 0.432 e. The maximum atomic E-state index is 13.9. The zero-order valence-electron chi connectivity index (χ0n) is 17.4. The van der Waals surface area contributed by atoms with Gasteiger partial charge in [0.15, 0.2) is 0 Å². The lowest BCUT2D eigenvalue weighted by Crippen LogP contribution is -2.52. The summed E-state index contributed by atoms with van der Waals surface area (Å²) in [6, 6.07) is 6.46. The van der Waals surface area contributed by atoms with Gasteiger partial charge < -0.3 is 18.5 Å². The van der Waals surface area contributed by atoms with Crippen molar-refractivity contribution in [2.45, 2.75) is 64.7 Å². The fraction of sp³-hybridized carbons (Fsp3) is 0.632. The number of ether oxygens (including phenoxy) is 2. The zero-order chi connectivity index (χ0) is 22.5. The minimum Gasteiger partial charge on any atom is -0.459 e. The summed E-state index contributed by atoms with van der Waals surface area (Å²) in [5.74, 6) is -1.66. The molecule has 10 heteroatoms. The minimum atomic E-state index is -5.09. The van der Waals surface area contributed by atoms with Gasteiger partial charge >= 0.3 is 19.7 Å². The molecule has 0 aromatic heterocycles. The normalized spacial score (nSPS) is 16.0. The van der Waals surface area contributed by atoms with E-state index in [1.165, 1.54) is 25.1 Å². The van der Waals surface area contributed by atoms with Crippen molar-refractivity contribution in [1.82, 2.24) is 0 Å². The maximum absolute atomic E-state index is 13.9. The van der Waals surface area contributed by atoms with Crippen LogP contribution in [0, 0.1) is 0 Å². The fourth-order valence-electron chi connectivity index (χ4n) is 2.76. The third-order valence-electron chi connectivity index (χ3n) is 3.70. The highest BCUT2D eigenvalue weighted by Gasteiger charge is 2.64. The zero-order valence-corrected chi connectivity index (χ0v) is 18.3. The Morgan fingerprint density at radius 3 is 1.86 bits per heavy atom. The minimum absolute atomic E-state index is 0.401. The van der Waals surface area contributed by atoms with Crippen LogP contribution >= 0.6 is 7.60 Å². The number of benzene rings is 1. The predicted octanol–water partition coefficient (Wildman–Crippen LogP) is 5.07. The number of methoxy groups -OCH3 is 1. The molecule has 0 saturated heterocycles. The van der Waals surface area contributed by atoms with E-state index in [2.05, 4.69) is 4.74 Å². The van der Waals surface area contributed by atoms with Crippen LogP contribution in [0.15, 0.2) is 30.3 Å². The maximum Gasteiger partial charge on any atom is 0.432 e. The molecule has 0 heterocycles. The Bertz CT molecular complexity index is 694. The highest BCUT2D eigenvalue weighted by Crippen LogP contribution is 2.51. The summed E-state index contributed by atoms with van der Waals surface area (Å²) in [6.07, 6.45) is -7.60. The molecule has 0 aliphatic carbocycles. The molecule has 2 atom stereocenters. The van der Waals surface area contributed by atoms with Gasteiger partial charge in [-0.2, -0.15) is 13.2 Å². The van der Waals surface area contributed by atoms with Crippen molar-refractivity contribution in [3.8, 4) is 0 Å². The van der Waals surface area contributed by atoms with Crippen LogP contribution in [0.25, 0.3) is 0 Å². The number of halogens is 3. The molecule has 0 N–H and O–H groups in total. The molecule has 6 nitrogen and oxygen atoms in total. The van der Waals surface area contributed by atoms with Crippen LogP contribution in [0.2, 0.25) is 0 Å². The second kappa shape index (κ2) is 10.1. The lowest BCUT2D eigenvalue weighted by Gasteiger charge is -2.33. The number of carbonyl (C=O) groups is 1. The van der Waals surface area contributed by atoms with Crippen molar-refractivity contribution in [2.75, 3.05) is 13.3 Å². The number of rotatable bonds is 10. The van der Waals surface area contributed by atoms with Crippen molar-refractivity contribution in [1.29, 1.82) is 0 Å². The molecule has 0 saturated carbocycles. The topological polar surface area (TPSA) is 71.1 Å². The van der Waals surface area contributed by atoms with Crippen molar-refractivity contribution in [3.05, 3.63) is 35.9 Å². The Balaban J connectivity index is 3.15. The van der Waals surface area contributed by atoms with E-state index in [1.54, 1.807) is 27.7 Å². The van der Waals surface area contributed by atoms with E-state index in [1.807, 2.05) is 0 Å². The average Bonchev–Trinajstić information content (AvgIpc) is 2.53. The molecule has 0 aliphatic heterocycles. The van der Waals surface area contributed by atoms with Crippen molar-refractivity contribution in [3.63, 3.8) is 0 Å². The van der Waals surface area contributed by atoms with Crippen LogP contribution in [0.1, 0.15) is 40.2 Å². The second-order valence-corrected chi connectivity index (χ2v) is 9.08. The predicted molar refractivity (Wildman–Crippen MR) is 102 cm³/mol. The molecule has 0 amide bonds. The summed E-state index contributed by atoms with van der Waals surface area (Å²) in [7, 11) is -2.94. The van der Waals surface area contributed by atoms with Crippen LogP contribution in [0.5, 0.6) is 0 Å². The van der Waals surface area contributed by atoms with E-state index in [4.69, 9.17) is 13.8 Å². The van der Waals surface area contributed by atoms with E-state index < -0.39 is 55.4 Å². The largest absolute Gasteiger partial charge is 0.459 e. The number of carbonyl (C=O) groups excluding carboxylic acids is 1. The summed E-state index contributed by atoms with van der Waals surface area (Å²) in [4.78, 5) is 12.6. The van der Waals surface area contributed by atoms with E-state index in [0.29, 0.717) is 0 Å². The van der Waals surface area contributed by atoms with Gasteiger partial charge in [0.05, 0.1) is 18.4 Å². The van der Waals surface area contributed by atoms with Gasteiger partial charge in [0.25, 0.3) is 5.60 Å². The summed E-state index contributed by atoms with van der Waals surface area (Å²) < 4.78 is 75.1. The molecule has 0 aliphatic rings. The third-order valence-corrected chi connectivity index (χ3v) is 6.15. The number of esters is 1. The van der Waals surface area contributed by atoms with Gasteiger partial charge in [0, 0.05) is 12.7 Å². The van der Waals surface area contributed by atoms with Gasteiger partial charge in [-0.3, -0.25) is 4.57 Å². The number of hydrogen-bond donors (Lipinski definition) is 0. The number of alkyl halides is 3. The monoisotopic (exact) mass is 440 g/mol. The standard InChI is InChI=1S/C19H28F3O6P/c1-13(2)27-29(24,28-14(3)4)12-15(5)26-17(23)18(25-6,19(20,21)22)16-10-8-7-9-11-16/h7-11,13-15H,12H2,1-6H3/t15-,18+/m0/s1. The van der Waals surface area contributed by atoms with Gasteiger partial charge in [-0.05, 0) is 34.6 Å². The molecule has 166 valence electrons.